The molecular formula is C9H16Cl2O3. The normalized spacial score (nSPS) is 12.5. The Morgan fingerprint density at radius 3 is 2.71 bits per heavy atom. The average molecular weight is 243 g/mol. The Morgan fingerprint density at radius 1 is 1.43 bits per heavy atom. The molecule has 0 rings (SSSR count). The van der Waals surface area contributed by atoms with Gasteiger partial charge in [0.05, 0.1) is 18.6 Å². The lowest BCUT2D eigenvalue weighted by Crippen LogP contribution is -2.14. The zero-order valence-electron chi connectivity index (χ0n) is 8.30. The van der Waals surface area contributed by atoms with Gasteiger partial charge < -0.3 is 9.47 Å². The molecule has 0 aliphatic carbocycles. The smallest absolute Gasteiger partial charge is 0.305 e. The predicted octanol–water partition coefficient (Wildman–Crippen LogP) is 2.19. The zero-order chi connectivity index (χ0) is 10.8. The van der Waals surface area contributed by atoms with Crippen molar-refractivity contribution in [3.63, 3.8) is 0 Å². The molecule has 0 saturated heterocycles. The van der Waals surface area contributed by atoms with Gasteiger partial charge in [-0.15, -0.1) is 23.2 Å². The molecule has 0 aliphatic heterocycles. The van der Waals surface area contributed by atoms with E-state index in [1.54, 1.807) is 6.92 Å². The van der Waals surface area contributed by atoms with Gasteiger partial charge in [-0.3, -0.25) is 4.79 Å². The third-order valence-electron chi connectivity index (χ3n) is 1.50. The summed E-state index contributed by atoms with van der Waals surface area (Å²) in [5.41, 5.74) is 0. The minimum Gasteiger partial charge on any atom is -0.463 e. The van der Waals surface area contributed by atoms with E-state index in [2.05, 4.69) is 0 Å². The largest absolute Gasteiger partial charge is 0.463 e. The molecule has 0 fully saturated rings. The van der Waals surface area contributed by atoms with Crippen LogP contribution in [0.1, 0.15) is 19.8 Å². The van der Waals surface area contributed by atoms with Gasteiger partial charge in [0.1, 0.15) is 6.61 Å². The van der Waals surface area contributed by atoms with E-state index in [-0.39, 0.29) is 18.0 Å². The third-order valence-corrected chi connectivity index (χ3v) is 2.06. The molecule has 0 radical (unpaired) electrons. The van der Waals surface area contributed by atoms with Crippen molar-refractivity contribution in [2.45, 2.75) is 25.1 Å². The summed E-state index contributed by atoms with van der Waals surface area (Å²) in [5, 5.41) is -0.0608. The molecule has 3 nitrogen and oxygen atoms in total. The number of rotatable bonds is 8. The van der Waals surface area contributed by atoms with E-state index >= 15 is 0 Å². The minimum absolute atomic E-state index is 0.0608. The van der Waals surface area contributed by atoms with Crippen molar-refractivity contribution in [1.82, 2.24) is 0 Å². The van der Waals surface area contributed by atoms with Gasteiger partial charge in [0.2, 0.25) is 0 Å². The van der Waals surface area contributed by atoms with E-state index in [9.17, 15) is 4.79 Å². The van der Waals surface area contributed by atoms with Crippen molar-refractivity contribution in [3.8, 4) is 0 Å². The van der Waals surface area contributed by atoms with Crippen molar-refractivity contribution >= 4 is 29.2 Å². The second kappa shape index (κ2) is 9.56. The first-order chi connectivity index (χ1) is 6.70. The summed E-state index contributed by atoms with van der Waals surface area (Å²) >= 11 is 11.3. The Balaban J connectivity index is 3.17. The topological polar surface area (TPSA) is 35.5 Å². The number of hydrogen-bond donors (Lipinski definition) is 0. The molecule has 0 aromatic rings. The summed E-state index contributed by atoms with van der Waals surface area (Å²) in [6, 6.07) is 0. The van der Waals surface area contributed by atoms with E-state index in [0.29, 0.717) is 25.5 Å². The number of carbonyl (C=O) groups excluding carboxylic acids is 1. The van der Waals surface area contributed by atoms with Crippen LogP contribution in [0.5, 0.6) is 0 Å². The number of esters is 1. The van der Waals surface area contributed by atoms with Crippen LogP contribution >= 0.6 is 23.2 Å². The lowest BCUT2D eigenvalue weighted by atomic mass is 10.3. The highest BCUT2D eigenvalue weighted by molar-refractivity contribution is 6.22. The lowest BCUT2D eigenvalue weighted by molar-refractivity contribution is -0.144. The number of hydrogen-bond acceptors (Lipinski definition) is 3. The fourth-order valence-corrected chi connectivity index (χ4v) is 1.30. The maximum absolute atomic E-state index is 10.7. The number of halogens is 2. The standard InChI is InChI=1S/C9H16Cl2O3/c1-2-9(12)14-6-5-13-7-8(11)3-4-10/h8H,2-7H2,1H3. The minimum atomic E-state index is -0.211. The Bertz CT molecular complexity index is 153. The molecule has 14 heavy (non-hydrogen) atoms. The molecule has 0 spiro atoms. The highest BCUT2D eigenvalue weighted by Gasteiger charge is 2.03. The predicted molar refractivity (Wildman–Crippen MR) is 57.0 cm³/mol. The molecule has 0 aliphatic rings. The Morgan fingerprint density at radius 2 is 2.14 bits per heavy atom. The summed E-state index contributed by atoms with van der Waals surface area (Å²) < 4.78 is 9.97. The molecule has 1 atom stereocenters. The van der Waals surface area contributed by atoms with Gasteiger partial charge in [-0.1, -0.05) is 6.92 Å². The van der Waals surface area contributed by atoms with Crippen LogP contribution in [-0.4, -0.2) is 37.0 Å². The molecule has 0 N–H and O–H groups in total. The maximum atomic E-state index is 10.7. The Labute approximate surface area is 94.7 Å². The van der Waals surface area contributed by atoms with E-state index in [1.807, 2.05) is 0 Å². The molecule has 1 unspecified atom stereocenters. The fraction of sp³-hybridized carbons (Fsp3) is 0.889. The van der Waals surface area contributed by atoms with Gasteiger partial charge in [0.25, 0.3) is 0 Å². The first kappa shape index (κ1) is 14.0. The summed E-state index contributed by atoms with van der Waals surface area (Å²) in [4.78, 5) is 10.7. The van der Waals surface area contributed by atoms with Gasteiger partial charge >= 0.3 is 5.97 Å². The van der Waals surface area contributed by atoms with Crippen LogP contribution in [0.2, 0.25) is 0 Å². The Hall–Kier alpha value is 0.01000. The van der Waals surface area contributed by atoms with Crippen molar-refractivity contribution in [2.24, 2.45) is 0 Å². The molecule has 0 heterocycles. The second-order valence-electron chi connectivity index (χ2n) is 2.72. The SMILES string of the molecule is CCC(=O)OCCOCC(Cl)CCCl. The van der Waals surface area contributed by atoms with Crippen molar-refractivity contribution in [1.29, 1.82) is 0 Å². The van der Waals surface area contributed by atoms with Gasteiger partial charge in [-0.25, -0.2) is 0 Å². The first-order valence-corrected chi connectivity index (χ1v) is 5.61. The van der Waals surface area contributed by atoms with E-state index < -0.39 is 0 Å². The van der Waals surface area contributed by atoms with Crippen LogP contribution in [0.15, 0.2) is 0 Å². The van der Waals surface area contributed by atoms with Gasteiger partial charge in [0.15, 0.2) is 0 Å². The van der Waals surface area contributed by atoms with Gasteiger partial charge in [-0.05, 0) is 6.42 Å². The summed E-state index contributed by atoms with van der Waals surface area (Å²) in [5.74, 6) is 0.319. The van der Waals surface area contributed by atoms with E-state index in [0.717, 1.165) is 6.42 Å². The number of carbonyl (C=O) groups is 1. The van der Waals surface area contributed by atoms with Crippen LogP contribution in [0, 0.1) is 0 Å². The van der Waals surface area contributed by atoms with Crippen molar-refractivity contribution in [3.05, 3.63) is 0 Å². The first-order valence-electron chi connectivity index (χ1n) is 4.64. The highest BCUT2D eigenvalue weighted by atomic mass is 35.5. The molecular weight excluding hydrogens is 227 g/mol. The second-order valence-corrected chi connectivity index (χ2v) is 3.72. The molecule has 0 aromatic heterocycles. The molecule has 0 aromatic carbocycles. The fourth-order valence-electron chi connectivity index (χ4n) is 0.729. The quantitative estimate of drug-likeness (QED) is 0.372. The van der Waals surface area contributed by atoms with Crippen LogP contribution < -0.4 is 0 Å². The molecule has 0 saturated carbocycles. The van der Waals surface area contributed by atoms with Crippen LogP contribution in [0.4, 0.5) is 0 Å². The summed E-state index contributed by atoms with van der Waals surface area (Å²) in [6.45, 7) is 2.87. The van der Waals surface area contributed by atoms with Gasteiger partial charge in [-0.2, -0.15) is 0 Å². The van der Waals surface area contributed by atoms with Crippen LogP contribution in [0.25, 0.3) is 0 Å². The van der Waals surface area contributed by atoms with Gasteiger partial charge in [0, 0.05) is 12.3 Å². The third kappa shape index (κ3) is 8.60. The molecule has 0 bridgehead atoms. The van der Waals surface area contributed by atoms with E-state index in [1.165, 1.54) is 0 Å². The van der Waals surface area contributed by atoms with Crippen molar-refractivity contribution in [2.75, 3.05) is 25.7 Å². The number of ether oxygens (including phenoxy) is 2. The average Bonchev–Trinajstić information content (AvgIpc) is 2.17. The summed E-state index contributed by atoms with van der Waals surface area (Å²) in [7, 11) is 0. The molecule has 0 amide bonds. The Kier molecular flexibility index (Phi) is 9.57. The van der Waals surface area contributed by atoms with E-state index in [4.69, 9.17) is 32.7 Å². The lowest BCUT2D eigenvalue weighted by Gasteiger charge is -2.08. The molecule has 5 heteroatoms. The molecule has 84 valence electrons. The van der Waals surface area contributed by atoms with Crippen LogP contribution in [-0.2, 0) is 14.3 Å². The monoisotopic (exact) mass is 242 g/mol. The maximum Gasteiger partial charge on any atom is 0.305 e. The highest BCUT2D eigenvalue weighted by Crippen LogP contribution is 2.03. The summed E-state index contributed by atoms with van der Waals surface area (Å²) in [6.07, 6.45) is 1.11. The zero-order valence-corrected chi connectivity index (χ0v) is 9.81. The number of alkyl halides is 2. The van der Waals surface area contributed by atoms with Crippen molar-refractivity contribution < 1.29 is 14.3 Å². The van der Waals surface area contributed by atoms with Crippen LogP contribution in [0.3, 0.4) is 0 Å².